The third-order valence-corrected chi connectivity index (χ3v) is 4.32. The normalized spacial score (nSPS) is 12.2. The Labute approximate surface area is 139 Å². The van der Waals surface area contributed by atoms with Gasteiger partial charge in [-0.2, -0.15) is 18.2 Å². The van der Waals surface area contributed by atoms with Gasteiger partial charge < -0.3 is 9.84 Å². The van der Waals surface area contributed by atoms with Crippen LogP contribution in [0.15, 0.2) is 22.7 Å². The van der Waals surface area contributed by atoms with E-state index in [1.807, 2.05) is 13.8 Å². The predicted molar refractivity (Wildman–Crippen MR) is 85.2 cm³/mol. The van der Waals surface area contributed by atoms with Gasteiger partial charge in [-0.25, -0.2) is 4.98 Å². The van der Waals surface area contributed by atoms with Crippen molar-refractivity contribution in [2.75, 3.05) is 11.9 Å². The second-order valence-corrected chi connectivity index (χ2v) is 6.61. The number of halogens is 3. The third kappa shape index (κ3) is 3.66. The van der Waals surface area contributed by atoms with Crippen LogP contribution in [0, 0.1) is 0 Å². The first-order valence-corrected chi connectivity index (χ1v) is 8.18. The van der Waals surface area contributed by atoms with Crippen LogP contribution in [0.5, 0.6) is 0 Å². The largest absolute Gasteiger partial charge is 0.416 e. The van der Waals surface area contributed by atoms with E-state index in [4.69, 9.17) is 4.52 Å². The summed E-state index contributed by atoms with van der Waals surface area (Å²) in [5, 5.41) is 7.52. The number of benzene rings is 1. The summed E-state index contributed by atoms with van der Waals surface area (Å²) in [4.78, 5) is 8.45. The summed E-state index contributed by atoms with van der Waals surface area (Å²) in [5.74, 6) is 1.37. The Bertz CT molecular complexity index is 841. The Kier molecular flexibility index (Phi) is 4.44. The molecule has 24 heavy (non-hydrogen) atoms. The Morgan fingerprint density at radius 2 is 2.04 bits per heavy atom. The molecule has 1 aromatic carbocycles. The molecule has 0 saturated heterocycles. The number of hydrogen-bond donors (Lipinski definition) is 1. The zero-order valence-electron chi connectivity index (χ0n) is 13.0. The van der Waals surface area contributed by atoms with Crippen LogP contribution in [0.1, 0.15) is 37.0 Å². The van der Waals surface area contributed by atoms with E-state index in [2.05, 4.69) is 20.4 Å². The van der Waals surface area contributed by atoms with Crippen LogP contribution in [0.3, 0.4) is 0 Å². The first-order chi connectivity index (χ1) is 11.3. The van der Waals surface area contributed by atoms with Crippen molar-refractivity contribution >= 4 is 26.7 Å². The van der Waals surface area contributed by atoms with Crippen molar-refractivity contribution in [1.82, 2.24) is 15.1 Å². The molecule has 0 fully saturated rings. The van der Waals surface area contributed by atoms with Crippen molar-refractivity contribution in [1.29, 1.82) is 0 Å². The quantitative estimate of drug-likeness (QED) is 0.730. The molecule has 0 spiro atoms. The topological polar surface area (TPSA) is 63.8 Å². The average molecular weight is 356 g/mol. The lowest BCUT2D eigenvalue weighted by atomic mass is 10.2. The molecule has 0 aliphatic carbocycles. The second-order valence-electron chi connectivity index (χ2n) is 5.58. The van der Waals surface area contributed by atoms with E-state index in [1.165, 1.54) is 17.4 Å². The molecule has 0 unspecified atom stereocenters. The summed E-state index contributed by atoms with van der Waals surface area (Å²) in [7, 11) is 0. The number of thiazole rings is 1. The monoisotopic (exact) mass is 356 g/mol. The summed E-state index contributed by atoms with van der Waals surface area (Å²) >= 11 is 1.31. The fourth-order valence-electron chi connectivity index (χ4n) is 2.06. The minimum absolute atomic E-state index is 0.197. The van der Waals surface area contributed by atoms with E-state index >= 15 is 0 Å². The molecule has 0 bridgehead atoms. The molecule has 9 heteroatoms. The highest BCUT2D eigenvalue weighted by atomic mass is 32.1. The van der Waals surface area contributed by atoms with Crippen molar-refractivity contribution in [3.05, 3.63) is 35.5 Å². The lowest BCUT2D eigenvalue weighted by Gasteiger charge is -2.04. The molecular formula is C15H15F3N4OS. The third-order valence-electron chi connectivity index (χ3n) is 3.33. The van der Waals surface area contributed by atoms with Gasteiger partial charge >= 0.3 is 6.18 Å². The number of fused-ring (bicyclic) bond motifs is 1. The minimum atomic E-state index is -4.36. The van der Waals surface area contributed by atoms with Gasteiger partial charge in [0, 0.05) is 18.9 Å². The second kappa shape index (κ2) is 6.39. The van der Waals surface area contributed by atoms with Crippen molar-refractivity contribution in [2.45, 2.75) is 32.4 Å². The van der Waals surface area contributed by atoms with Gasteiger partial charge in [0.15, 0.2) is 11.0 Å². The molecule has 3 aromatic rings. The molecule has 5 nitrogen and oxygen atoms in total. The molecule has 2 aromatic heterocycles. The number of rotatable bonds is 5. The molecule has 0 aliphatic heterocycles. The van der Waals surface area contributed by atoms with Gasteiger partial charge in [0.2, 0.25) is 5.89 Å². The van der Waals surface area contributed by atoms with Crippen LogP contribution in [0.4, 0.5) is 18.3 Å². The smallest absolute Gasteiger partial charge is 0.361 e. The predicted octanol–water partition coefficient (Wildman–Crippen LogP) is 4.48. The van der Waals surface area contributed by atoms with Crippen molar-refractivity contribution in [3.8, 4) is 0 Å². The standard InChI is InChI=1S/C15H15F3N4OS/c1-8(2)13-21-12(23-22-13)5-6-19-14-20-10-7-9(15(16,17)18)3-4-11(10)24-14/h3-4,7-8H,5-6H2,1-2H3,(H,19,20). The first-order valence-electron chi connectivity index (χ1n) is 7.37. The Hall–Kier alpha value is -2.16. The fourth-order valence-corrected chi connectivity index (χ4v) is 2.93. The molecule has 0 atom stereocenters. The van der Waals surface area contributed by atoms with Crippen LogP contribution >= 0.6 is 11.3 Å². The van der Waals surface area contributed by atoms with Crippen LogP contribution in [0.25, 0.3) is 10.2 Å². The molecule has 0 radical (unpaired) electrons. The number of alkyl halides is 3. The van der Waals surface area contributed by atoms with Gasteiger partial charge in [0.1, 0.15) is 0 Å². The summed E-state index contributed by atoms with van der Waals surface area (Å²) < 4.78 is 44.0. The first kappa shape index (κ1) is 16.7. The van der Waals surface area contributed by atoms with Crippen molar-refractivity contribution < 1.29 is 17.7 Å². The minimum Gasteiger partial charge on any atom is -0.361 e. The number of hydrogen-bond acceptors (Lipinski definition) is 6. The highest BCUT2D eigenvalue weighted by molar-refractivity contribution is 7.22. The van der Waals surface area contributed by atoms with E-state index in [-0.39, 0.29) is 5.92 Å². The lowest BCUT2D eigenvalue weighted by molar-refractivity contribution is -0.137. The Balaban J connectivity index is 1.64. The van der Waals surface area contributed by atoms with Crippen LogP contribution in [-0.2, 0) is 12.6 Å². The lowest BCUT2D eigenvalue weighted by Crippen LogP contribution is -2.05. The maximum absolute atomic E-state index is 12.7. The number of aromatic nitrogens is 3. The molecule has 128 valence electrons. The van der Waals surface area contributed by atoms with E-state index in [0.717, 1.165) is 12.1 Å². The SMILES string of the molecule is CC(C)c1noc(CCNc2nc3cc(C(F)(F)F)ccc3s2)n1. The molecule has 0 aliphatic rings. The number of nitrogens with zero attached hydrogens (tertiary/aromatic N) is 3. The summed E-state index contributed by atoms with van der Waals surface area (Å²) in [6.45, 7) is 4.46. The van der Waals surface area contributed by atoms with Crippen molar-refractivity contribution in [2.24, 2.45) is 0 Å². The van der Waals surface area contributed by atoms with Gasteiger partial charge in [-0.3, -0.25) is 0 Å². The number of anilines is 1. The van der Waals surface area contributed by atoms with Crippen LogP contribution in [0.2, 0.25) is 0 Å². The average Bonchev–Trinajstić information content (AvgIpc) is 3.11. The molecule has 1 N–H and O–H groups in total. The summed E-state index contributed by atoms with van der Waals surface area (Å²) in [6.07, 6.45) is -3.85. The maximum atomic E-state index is 12.7. The van der Waals surface area contributed by atoms with E-state index in [9.17, 15) is 13.2 Å². The van der Waals surface area contributed by atoms with Gasteiger partial charge in [-0.15, -0.1) is 0 Å². The fraction of sp³-hybridized carbons (Fsp3) is 0.400. The number of nitrogens with one attached hydrogen (secondary N) is 1. The zero-order valence-corrected chi connectivity index (χ0v) is 13.8. The van der Waals surface area contributed by atoms with Gasteiger partial charge in [0.25, 0.3) is 0 Å². The van der Waals surface area contributed by atoms with Gasteiger partial charge in [0.05, 0.1) is 15.8 Å². The molecule has 0 saturated carbocycles. The van der Waals surface area contributed by atoms with Crippen LogP contribution < -0.4 is 5.32 Å². The highest BCUT2D eigenvalue weighted by Gasteiger charge is 2.30. The highest BCUT2D eigenvalue weighted by Crippen LogP contribution is 2.33. The van der Waals surface area contributed by atoms with Crippen LogP contribution in [-0.4, -0.2) is 21.7 Å². The molecular weight excluding hydrogens is 341 g/mol. The zero-order chi connectivity index (χ0) is 17.3. The van der Waals surface area contributed by atoms with E-state index in [1.54, 1.807) is 0 Å². The summed E-state index contributed by atoms with van der Waals surface area (Å²) in [5.41, 5.74) is -0.365. The van der Waals surface area contributed by atoms with E-state index < -0.39 is 11.7 Å². The van der Waals surface area contributed by atoms with E-state index in [0.29, 0.717) is 40.0 Å². The summed E-state index contributed by atoms with van der Waals surface area (Å²) in [6, 6.07) is 3.56. The molecule has 2 heterocycles. The van der Waals surface area contributed by atoms with Crippen molar-refractivity contribution in [3.63, 3.8) is 0 Å². The molecule has 3 rings (SSSR count). The van der Waals surface area contributed by atoms with Gasteiger partial charge in [-0.05, 0) is 18.2 Å². The Morgan fingerprint density at radius 1 is 1.25 bits per heavy atom. The molecule has 0 amide bonds. The maximum Gasteiger partial charge on any atom is 0.416 e. The Morgan fingerprint density at radius 3 is 2.71 bits per heavy atom. The van der Waals surface area contributed by atoms with Gasteiger partial charge in [-0.1, -0.05) is 30.3 Å².